The summed E-state index contributed by atoms with van der Waals surface area (Å²) in [4.78, 5) is 0. The third-order valence-electron chi connectivity index (χ3n) is 2.52. The van der Waals surface area contributed by atoms with E-state index in [0.717, 1.165) is 12.2 Å². The van der Waals surface area contributed by atoms with Crippen LogP contribution in [0.3, 0.4) is 0 Å². The SMILES string of the molecule is CNCc1cc2cc(N)ccc2n1C. The average Bonchev–Trinajstić information content (AvgIpc) is 2.44. The predicted molar refractivity (Wildman–Crippen MR) is 60.1 cm³/mol. The van der Waals surface area contributed by atoms with Crippen LogP contribution < -0.4 is 11.1 Å². The molecule has 3 heteroatoms. The number of hydrogen-bond donors (Lipinski definition) is 2. The fourth-order valence-electron chi connectivity index (χ4n) is 1.78. The Kier molecular flexibility index (Phi) is 2.17. The molecular weight excluding hydrogens is 174 g/mol. The van der Waals surface area contributed by atoms with Gasteiger partial charge >= 0.3 is 0 Å². The van der Waals surface area contributed by atoms with Gasteiger partial charge in [0.2, 0.25) is 0 Å². The normalized spacial score (nSPS) is 11.0. The first-order valence-corrected chi connectivity index (χ1v) is 4.71. The molecule has 3 nitrogen and oxygen atoms in total. The molecule has 1 aromatic carbocycles. The minimum Gasteiger partial charge on any atom is -0.399 e. The fourth-order valence-corrected chi connectivity index (χ4v) is 1.78. The van der Waals surface area contributed by atoms with Crippen molar-refractivity contribution in [1.29, 1.82) is 0 Å². The van der Waals surface area contributed by atoms with Crippen LogP contribution in [0.25, 0.3) is 10.9 Å². The molecule has 0 unspecified atom stereocenters. The lowest BCUT2D eigenvalue weighted by Gasteiger charge is -2.02. The van der Waals surface area contributed by atoms with Gasteiger partial charge in [0.05, 0.1) is 0 Å². The fraction of sp³-hybridized carbons (Fsp3) is 0.273. The molecule has 0 aliphatic rings. The number of nitrogens with zero attached hydrogens (tertiary/aromatic N) is 1. The lowest BCUT2D eigenvalue weighted by atomic mass is 10.2. The Morgan fingerprint density at radius 2 is 2.14 bits per heavy atom. The summed E-state index contributed by atoms with van der Waals surface area (Å²) >= 11 is 0. The van der Waals surface area contributed by atoms with Gasteiger partial charge in [-0.1, -0.05) is 0 Å². The Morgan fingerprint density at radius 3 is 2.86 bits per heavy atom. The van der Waals surface area contributed by atoms with E-state index in [1.165, 1.54) is 16.6 Å². The average molecular weight is 189 g/mol. The summed E-state index contributed by atoms with van der Waals surface area (Å²) in [6, 6.07) is 8.17. The third-order valence-corrected chi connectivity index (χ3v) is 2.52. The summed E-state index contributed by atoms with van der Waals surface area (Å²) in [5.41, 5.74) is 9.05. The highest BCUT2D eigenvalue weighted by molar-refractivity contribution is 5.84. The van der Waals surface area contributed by atoms with E-state index in [9.17, 15) is 0 Å². The van der Waals surface area contributed by atoms with E-state index in [4.69, 9.17) is 5.73 Å². The first-order valence-electron chi connectivity index (χ1n) is 4.71. The molecule has 2 aromatic rings. The van der Waals surface area contributed by atoms with Gasteiger partial charge in [0.15, 0.2) is 0 Å². The zero-order valence-electron chi connectivity index (χ0n) is 8.54. The molecule has 74 valence electrons. The molecule has 14 heavy (non-hydrogen) atoms. The molecule has 0 saturated carbocycles. The van der Waals surface area contributed by atoms with Crippen LogP contribution in [0.2, 0.25) is 0 Å². The van der Waals surface area contributed by atoms with Gasteiger partial charge in [-0.3, -0.25) is 0 Å². The smallest absolute Gasteiger partial charge is 0.0481 e. The van der Waals surface area contributed by atoms with Crippen LogP contribution in [-0.4, -0.2) is 11.6 Å². The van der Waals surface area contributed by atoms with Gasteiger partial charge < -0.3 is 15.6 Å². The van der Waals surface area contributed by atoms with Crippen molar-refractivity contribution in [2.45, 2.75) is 6.54 Å². The van der Waals surface area contributed by atoms with Gasteiger partial charge in [-0.2, -0.15) is 0 Å². The van der Waals surface area contributed by atoms with Gasteiger partial charge in [0.1, 0.15) is 0 Å². The Hall–Kier alpha value is -1.48. The number of aryl methyl sites for hydroxylation is 1. The maximum absolute atomic E-state index is 5.73. The highest BCUT2D eigenvalue weighted by Crippen LogP contribution is 2.20. The predicted octanol–water partition coefficient (Wildman–Crippen LogP) is 1.48. The highest BCUT2D eigenvalue weighted by atomic mass is 15.0. The number of anilines is 1. The van der Waals surface area contributed by atoms with Gasteiger partial charge in [-0.15, -0.1) is 0 Å². The lowest BCUT2D eigenvalue weighted by Crippen LogP contribution is -2.08. The van der Waals surface area contributed by atoms with Crippen molar-refractivity contribution in [1.82, 2.24) is 9.88 Å². The van der Waals surface area contributed by atoms with Crippen molar-refractivity contribution in [2.24, 2.45) is 7.05 Å². The molecule has 0 spiro atoms. The molecule has 0 amide bonds. The standard InChI is InChI=1S/C11H15N3/c1-13-7-10-6-8-5-9(12)3-4-11(8)14(10)2/h3-6,13H,7,12H2,1-2H3. The van der Waals surface area contributed by atoms with Crippen molar-refractivity contribution >= 4 is 16.6 Å². The molecule has 0 saturated heterocycles. The van der Waals surface area contributed by atoms with Crippen LogP contribution in [0, 0.1) is 0 Å². The van der Waals surface area contributed by atoms with E-state index in [1.807, 2.05) is 19.2 Å². The first kappa shape index (κ1) is 9.09. The van der Waals surface area contributed by atoms with Crippen molar-refractivity contribution in [3.05, 3.63) is 30.0 Å². The van der Waals surface area contributed by atoms with Crippen molar-refractivity contribution in [3.8, 4) is 0 Å². The number of fused-ring (bicyclic) bond motifs is 1. The van der Waals surface area contributed by atoms with Gasteiger partial charge in [0, 0.05) is 35.9 Å². The monoisotopic (exact) mass is 189 g/mol. The quantitative estimate of drug-likeness (QED) is 0.703. The van der Waals surface area contributed by atoms with E-state index in [2.05, 4.69) is 29.1 Å². The molecule has 1 aromatic heterocycles. The molecule has 0 radical (unpaired) electrons. The van der Waals surface area contributed by atoms with E-state index in [1.54, 1.807) is 0 Å². The number of aromatic nitrogens is 1. The molecule has 1 heterocycles. The van der Waals surface area contributed by atoms with Crippen LogP contribution in [0.15, 0.2) is 24.3 Å². The molecule has 0 bridgehead atoms. The van der Waals surface area contributed by atoms with Crippen LogP contribution >= 0.6 is 0 Å². The van der Waals surface area contributed by atoms with E-state index >= 15 is 0 Å². The molecule has 0 aliphatic heterocycles. The number of nitrogen functional groups attached to an aromatic ring is 1. The molecule has 2 rings (SSSR count). The third kappa shape index (κ3) is 1.36. The minimum atomic E-state index is 0.819. The van der Waals surface area contributed by atoms with Crippen molar-refractivity contribution in [3.63, 3.8) is 0 Å². The summed E-state index contributed by atoms with van der Waals surface area (Å²) in [5, 5.41) is 4.35. The summed E-state index contributed by atoms with van der Waals surface area (Å²) in [5.74, 6) is 0. The maximum Gasteiger partial charge on any atom is 0.0481 e. The van der Waals surface area contributed by atoms with Crippen LogP contribution in [0.5, 0.6) is 0 Å². The van der Waals surface area contributed by atoms with Gasteiger partial charge in [-0.05, 0) is 31.3 Å². The van der Waals surface area contributed by atoms with Gasteiger partial charge in [0.25, 0.3) is 0 Å². The minimum absolute atomic E-state index is 0.819. The Balaban J connectivity index is 2.61. The van der Waals surface area contributed by atoms with E-state index < -0.39 is 0 Å². The second kappa shape index (κ2) is 3.35. The summed E-state index contributed by atoms with van der Waals surface area (Å²) < 4.78 is 2.19. The molecule has 3 N–H and O–H groups in total. The van der Waals surface area contributed by atoms with E-state index in [0.29, 0.717) is 0 Å². The highest BCUT2D eigenvalue weighted by Gasteiger charge is 2.04. The molecule has 0 atom stereocenters. The lowest BCUT2D eigenvalue weighted by molar-refractivity contribution is 0.745. The Bertz CT molecular complexity index is 457. The molecule has 0 aliphatic carbocycles. The van der Waals surface area contributed by atoms with Crippen LogP contribution in [-0.2, 0) is 13.6 Å². The summed E-state index contributed by atoms with van der Waals surface area (Å²) in [6.45, 7) is 0.880. The zero-order valence-corrected chi connectivity index (χ0v) is 8.54. The van der Waals surface area contributed by atoms with Gasteiger partial charge in [-0.25, -0.2) is 0 Å². The van der Waals surface area contributed by atoms with E-state index in [-0.39, 0.29) is 0 Å². The van der Waals surface area contributed by atoms with Crippen LogP contribution in [0.4, 0.5) is 5.69 Å². The van der Waals surface area contributed by atoms with Crippen molar-refractivity contribution < 1.29 is 0 Å². The number of nitrogens with two attached hydrogens (primary N) is 1. The number of hydrogen-bond acceptors (Lipinski definition) is 2. The number of rotatable bonds is 2. The summed E-state index contributed by atoms with van der Waals surface area (Å²) in [6.07, 6.45) is 0. The maximum atomic E-state index is 5.73. The zero-order chi connectivity index (χ0) is 10.1. The number of benzene rings is 1. The van der Waals surface area contributed by atoms with Crippen LogP contribution in [0.1, 0.15) is 5.69 Å². The largest absolute Gasteiger partial charge is 0.399 e. The van der Waals surface area contributed by atoms with Crippen molar-refractivity contribution in [2.75, 3.05) is 12.8 Å². The second-order valence-corrected chi connectivity index (χ2v) is 3.54. The molecule has 0 fully saturated rings. The Morgan fingerprint density at radius 1 is 1.36 bits per heavy atom. The first-order chi connectivity index (χ1) is 6.72. The number of nitrogens with one attached hydrogen (secondary N) is 1. The molecular formula is C11H15N3. The Labute approximate surface area is 83.5 Å². The summed E-state index contributed by atoms with van der Waals surface area (Å²) in [7, 11) is 4.03. The second-order valence-electron chi connectivity index (χ2n) is 3.54. The topological polar surface area (TPSA) is 43.0 Å².